The number of hydrogen-bond acceptors (Lipinski definition) is 5. The topological polar surface area (TPSA) is 73.1 Å². The number of nitrogens with zero attached hydrogens (tertiary/aromatic N) is 4. The average molecular weight is 178 g/mol. The van der Waals surface area contributed by atoms with Crippen molar-refractivity contribution in [2.24, 2.45) is 0 Å². The van der Waals surface area contributed by atoms with Crippen molar-refractivity contribution < 1.29 is 9.94 Å². The van der Waals surface area contributed by atoms with E-state index in [9.17, 15) is 5.11 Å². The highest BCUT2D eigenvalue weighted by atomic mass is 16.7. The van der Waals surface area contributed by atoms with Gasteiger partial charge in [0.1, 0.15) is 0 Å². The zero-order chi connectivity index (χ0) is 9.10. The molecule has 0 atom stereocenters. The number of rotatable bonds is 2. The second kappa shape index (κ2) is 3.10. The third-order valence-electron chi connectivity index (χ3n) is 1.39. The first-order valence-electron chi connectivity index (χ1n) is 3.55. The largest absolute Gasteiger partial charge is 0.504 e. The highest BCUT2D eigenvalue weighted by Gasteiger charge is 2.01. The third-order valence-corrected chi connectivity index (χ3v) is 1.39. The molecule has 0 bridgehead atoms. The maximum absolute atomic E-state index is 9.30. The molecule has 1 aromatic heterocycles. The first kappa shape index (κ1) is 7.53. The predicted octanol–water partition coefficient (Wildman–Crippen LogP) is 0.221. The van der Waals surface area contributed by atoms with E-state index in [1.54, 1.807) is 18.2 Å². The molecule has 1 N–H and O–H groups in total. The molecule has 0 aliphatic rings. The van der Waals surface area contributed by atoms with Crippen LogP contribution in [0, 0.1) is 0 Å². The van der Waals surface area contributed by atoms with Gasteiger partial charge in [0.25, 0.3) is 0 Å². The van der Waals surface area contributed by atoms with Crippen LogP contribution in [0.4, 0.5) is 0 Å². The van der Waals surface area contributed by atoms with Crippen LogP contribution < -0.4 is 4.84 Å². The Balaban J connectivity index is 2.24. The number of benzene rings is 1. The molecule has 2 rings (SSSR count). The zero-order valence-corrected chi connectivity index (χ0v) is 6.53. The first-order valence-corrected chi connectivity index (χ1v) is 3.55. The maximum Gasteiger partial charge on any atom is 0.199 e. The minimum atomic E-state index is 0.0398. The molecule has 0 radical (unpaired) electrons. The molecule has 66 valence electrons. The van der Waals surface area contributed by atoms with Crippen molar-refractivity contribution in [3.63, 3.8) is 0 Å². The summed E-state index contributed by atoms with van der Waals surface area (Å²) in [6, 6.07) is 6.55. The van der Waals surface area contributed by atoms with Crippen molar-refractivity contribution in [3.8, 4) is 11.5 Å². The molecule has 0 saturated carbocycles. The van der Waals surface area contributed by atoms with Crippen molar-refractivity contribution in [1.29, 1.82) is 0 Å². The standard InChI is InChI=1S/C7H6N4O2/c12-6-3-1-2-4-7(6)13-11-5-8-9-10-11/h1-5,12H. The normalized spacial score (nSPS) is 9.85. The summed E-state index contributed by atoms with van der Waals surface area (Å²) < 4.78 is 0. The Hall–Kier alpha value is -2.11. The molecule has 2 aromatic rings. The number of aromatic nitrogens is 4. The molecule has 0 aliphatic heterocycles. The molecule has 0 aliphatic carbocycles. The maximum atomic E-state index is 9.30. The fourth-order valence-corrected chi connectivity index (χ4v) is 0.830. The fraction of sp³-hybridized carbons (Fsp3) is 0. The summed E-state index contributed by atoms with van der Waals surface area (Å²) in [4.78, 5) is 6.13. The molecule has 1 aromatic carbocycles. The monoisotopic (exact) mass is 178 g/mol. The SMILES string of the molecule is Oc1ccccc1On1cnnn1. The highest BCUT2D eigenvalue weighted by Crippen LogP contribution is 2.23. The summed E-state index contributed by atoms with van der Waals surface area (Å²) >= 11 is 0. The van der Waals surface area contributed by atoms with Crippen LogP contribution in [0.1, 0.15) is 0 Å². The Bertz CT molecular complexity index is 387. The van der Waals surface area contributed by atoms with Gasteiger partial charge in [0.2, 0.25) is 0 Å². The second-order valence-electron chi connectivity index (χ2n) is 2.27. The number of phenols is 1. The molecule has 13 heavy (non-hydrogen) atoms. The summed E-state index contributed by atoms with van der Waals surface area (Å²) in [5, 5.41) is 19.5. The molecule has 1 heterocycles. The van der Waals surface area contributed by atoms with Gasteiger partial charge in [0.05, 0.1) is 0 Å². The minimum absolute atomic E-state index is 0.0398. The fourth-order valence-electron chi connectivity index (χ4n) is 0.830. The minimum Gasteiger partial charge on any atom is -0.504 e. The Morgan fingerprint density at radius 2 is 2.15 bits per heavy atom. The van der Waals surface area contributed by atoms with E-state index >= 15 is 0 Å². The molecule has 0 amide bonds. The van der Waals surface area contributed by atoms with Gasteiger partial charge in [0, 0.05) is 0 Å². The summed E-state index contributed by atoms with van der Waals surface area (Å²) in [5.74, 6) is 0.341. The van der Waals surface area contributed by atoms with Gasteiger partial charge in [-0.05, 0) is 22.6 Å². The Labute approximate surface area is 73.3 Å². The Morgan fingerprint density at radius 1 is 1.31 bits per heavy atom. The summed E-state index contributed by atoms with van der Waals surface area (Å²) in [6.07, 6.45) is 1.28. The molecule has 0 fully saturated rings. The molecular weight excluding hydrogens is 172 g/mol. The Morgan fingerprint density at radius 3 is 2.85 bits per heavy atom. The molecule has 0 spiro atoms. The summed E-state index contributed by atoms with van der Waals surface area (Å²) in [5.41, 5.74) is 0. The van der Waals surface area contributed by atoms with Crippen LogP contribution in [0.3, 0.4) is 0 Å². The van der Waals surface area contributed by atoms with Crippen LogP contribution in [0.15, 0.2) is 30.6 Å². The van der Waals surface area contributed by atoms with E-state index in [2.05, 4.69) is 15.5 Å². The third kappa shape index (κ3) is 1.56. The van der Waals surface area contributed by atoms with Crippen molar-refractivity contribution in [2.75, 3.05) is 0 Å². The molecule has 6 nitrogen and oxygen atoms in total. The Kier molecular flexibility index (Phi) is 1.79. The lowest BCUT2D eigenvalue weighted by atomic mass is 10.3. The van der Waals surface area contributed by atoms with E-state index in [1.807, 2.05) is 0 Å². The smallest absolute Gasteiger partial charge is 0.199 e. The van der Waals surface area contributed by atoms with Gasteiger partial charge in [-0.15, -0.1) is 5.10 Å². The molecular formula is C7H6N4O2. The molecule has 0 saturated heterocycles. The summed E-state index contributed by atoms with van der Waals surface area (Å²) in [7, 11) is 0. The number of tetrazole rings is 1. The van der Waals surface area contributed by atoms with Gasteiger partial charge >= 0.3 is 0 Å². The molecule has 6 heteroatoms. The van der Waals surface area contributed by atoms with Crippen molar-refractivity contribution in [3.05, 3.63) is 30.6 Å². The second-order valence-corrected chi connectivity index (χ2v) is 2.27. The predicted molar refractivity (Wildman–Crippen MR) is 41.9 cm³/mol. The lowest BCUT2D eigenvalue weighted by Gasteiger charge is -2.03. The van der Waals surface area contributed by atoms with E-state index < -0.39 is 0 Å². The van der Waals surface area contributed by atoms with Crippen LogP contribution in [0.5, 0.6) is 11.5 Å². The number of aromatic hydroxyl groups is 1. The van der Waals surface area contributed by atoms with E-state index in [4.69, 9.17) is 4.84 Å². The quantitative estimate of drug-likeness (QED) is 0.712. The number of phenolic OH excluding ortho intramolecular Hbond substituents is 1. The summed E-state index contributed by atoms with van der Waals surface area (Å²) in [6.45, 7) is 0. The van der Waals surface area contributed by atoms with Gasteiger partial charge in [-0.25, -0.2) is 0 Å². The van der Waals surface area contributed by atoms with E-state index in [0.29, 0.717) is 5.75 Å². The van der Waals surface area contributed by atoms with Gasteiger partial charge < -0.3 is 9.94 Å². The number of para-hydroxylation sites is 2. The lowest BCUT2D eigenvalue weighted by molar-refractivity contribution is 0.166. The highest BCUT2D eigenvalue weighted by molar-refractivity contribution is 5.37. The van der Waals surface area contributed by atoms with Gasteiger partial charge in [-0.2, -0.15) is 0 Å². The van der Waals surface area contributed by atoms with E-state index in [0.717, 1.165) is 4.85 Å². The first-order chi connectivity index (χ1) is 6.36. The zero-order valence-electron chi connectivity index (χ0n) is 6.53. The van der Waals surface area contributed by atoms with Crippen molar-refractivity contribution in [1.82, 2.24) is 20.4 Å². The van der Waals surface area contributed by atoms with Gasteiger partial charge in [-0.1, -0.05) is 17.0 Å². The van der Waals surface area contributed by atoms with E-state index in [1.165, 1.54) is 12.4 Å². The van der Waals surface area contributed by atoms with Crippen LogP contribution in [0.2, 0.25) is 0 Å². The van der Waals surface area contributed by atoms with Crippen LogP contribution >= 0.6 is 0 Å². The van der Waals surface area contributed by atoms with Gasteiger partial charge in [-0.3, -0.25) is 0 Å². The van der Waals surface area contributed by atoms with Gasteiger partial charge in [0.15, 0.2) is 17.8 Å². The van der Waals surface area contributed by atoms with Crippen LogP contribution in [0.25, 0.3) is 0 Å². The van der Waals surface area contributed by atoms with E-state index in [-0.39, 0.29) is 5.75 Å². The number of hydrogen-bond donors (Lipinski definition) is 1. The van der Waals surface area contributed by atoms with Crippen LogP contribution in [-0.4, -0.2) is 25.5 Å². The van der Waals surface area contributed by atoms with Crippen LogP contribution in [-0.2, 0) is 0 Å². The average Bonchev–Trinajstić information content (AvgIpc) is 2.61. The van der Waals surface area contributed by atoms with Crippen molar-refractivity contribution in [2.45, 2.75) is 0 Å². The van der Waals surface area contributed by atoms with Crippen molar-refractivity contribution >= 4 is 0 Å². The molecule has 0 unspecified atom stereocenters. The lowest BCUT2D eigenvalue weighted by Crippen LogP contribution is -2.05.